The molecule has 1 spiro atoms. The van der Waals surface area contributed by atoms with E-state index in [0.717, 1.165) is 12.8 Å². The van der Waals surface area contributed by atoms with Crippen LogP contribution in [-0.4, -0.2) is 22.5 Å². The number of carbonyl (C=O) groups excluding carboxylic acids is 1. The molecule has 2 saturated carbocycles. The van der Waals surface area contributed by atoms with Gasteiger partial charge in [0.05, 0.1) is 0 Å². The van der Waals surface area contributed by atoms with E-state index in [1.54, 1.807) is 0 Å². The lowest BCUT2D eigenvalue weighted by Gasteiger charge is -2.58. The molecule has 4 nitrogen and oxygen atoms in total. The fraction of sp³-hybridized carbons (Fsp3) is 0.800. The van der Waals surface area contributed by atoms with Crippen molar-refractivity contribution in [3.63, 3.8) is 0 Å². The van der Waals surface area contributed by atoms with E-state index in [0.29, 0.717) is 12.8 Å². The molecule has 2 aliphatic rings. The SMILES string of the molecule is CC(=O)NC1(C(=O)O)CC2(CCC2)C1. The Morgan fingerprint density at radius 3 is 2.14 bits per heavy atom. The predicted molar refractivity (Wildman–Crippen MR) is 49.7 cm³/mol. The summed E-state index contributed by atoms with van der Waals surface area (Å²) in [6.45, 7) is 1.37. The van der Waals surface area contributed by atoms with Gasteiger partial charge in [0.15, 0.2) is 0 Å². The van der Waals surface area contributed by atoms with Crippen molar-refractivity contribution in [3.8, 4) is 0 Å². The fourth-order valence-corrected chi connectivity index (χ4v) is 2.89. The van der Waals surface area contributed by atoms with Gasteiger partial charge in [-0.25, -0.2) is 4.79 Å². The van der Waals surface area contributed by atoms with E-state index in [-0.39, 0.29) is 11.3 Å². The maximum atomic E-state index is 11.1. The summed E-state index contributed by atoms with van der Waals surface area (Å²) in [6.07, 6.45) is 4.70. The smallest absolute Gasteiger partial charge is 0.329 e. The molecule has 78 valence electrons. The predicted octanol–water partition coefficient (Wildman–Crippen LogP) is 0.910. The molecule has 2 fully saturated rings. The molecule has 0 aliphatic heterocycles. The van der Waals surface area contributed by atoms with Gasteiger partial charge < -0.3 is 10.4 Å². The third-order valence-electron chi connectivity index (χ3n) is 3.59. The van der Waals surface area contributed by atoms with Crippen molar-refractivity contribution in [2.45, 2.75) is 44.6 Å². The Morgan fingerprint density at radius 1 is 1.29 bits per heavy atom. The molecular formula is C10H15NO3. The second-order valence-electron chi connectivity index (χ2n) is 4.78. The van der Waals surface area contributed by atoms with Crippen molar-refractivity contribution in [3.05, 3.63) is 0 Å². The lowest BCUT2D eigenvalue weighted by Crippen LogP contribution is -2.67. The lowest BCUT2D eigenvalue weighted by molar-refractivity contribution is -0.165. The van der Waals surface area contributed by atoms with Gasteiger partial charge in [-0.3, -0.25) is 4.79 Å². The average molecular weight is 197 g/mol. The third-order valence-corrected chi connectivity index (χ3v) is 3.59. The van der Waals surface area contributed by atoms with Gasteiger partial charge >= 0.3 is 5.97 Å². The standard InChI is InChI=1S/C10H15NO3/c1-7(12)11-10(8(13)14)5-9(6-10)3-2-4-9/h2-6H2,1H3,(H,11,12)(H,13,14). The van der Waals surface area contributed by atoms with Crippen LogP contribution >= 0.6 is 0 Å². The zero-order valence-corrected chi connectivity index (χ0v) is 8.30. The molecule has 2 aliphatic carbocycles. The molecule has 4 heteroatoms. The Morgan fingerprint density at radius 2 is 1.86 bits per heavy atom. The lowest BCUT2D eigenvalue weighted by atomic mass is 9.48. The molecule has 0 unspecified atom stereocenters. The summed E-state index contributed by atoms with van der Waals surface area (Å²) in [5, 5.41) is 11.6. The molecule has 0 aromatic carbocycles. The number of carbonyl (C=O) groups is 2. The van der Waals surface area contributed by atoms with Crippen molar-refractivity contribution in [1.82, 2.24) is 5.32 Å². The highest BCUT2D eigenvalue weighted by Gasteiger charge is 2.61. The summed E-state index contributed by atoms with van der Waals surface area (Å²) in [4.78, 5) is 22.0. The van der Waals surface area contributed by atoms with E-state index in [2.05, 4.69) is 5.32 Å². The number of nitrogens with one attached hydrogen (secondary N) is 1. The third kappa shape index (κ3) is 1.21. The van der Waals surface area contributed by atoms with Crippen molar-refractivity contribution in [1.29, 1.82) is 0 Å². The Hall–Kier alpha value is -1.06. The van der Waals surface area contributed by atoms with Gasteiger partial charge in [-0.2, -0.15) is 0 Å². The molecule has 0 aromatic rings. The van der Waals surface area contributed by atoms with Crippen LogP contribution in [0.4, 0.5) is 0 Å². The summed E-state index contributed by atoms with van der Waals surface area (Å²) in [7, 11) is 0. The summed E-state index contributed by atoms with van der Waals surface area (Å²) >= 11 is 0. The highest BCUT2D eigenvalue weighted by molar-refractivity contribution is 5.87. The molecule has 1 amide bonds. The number of aliphatic carboxylic acids is 1. The summed E-state index contributed by atoms with van der Waals surface area (Å²) in [6, 6.07) is 0. The molecule has 14 heavy (non-hydrogen) atoms. The molecular weight excluding hydrogens is 182 g/mol. The highest BCUT2D eigenvalue weighted by atomic mass is 16.4. The Labute approximate surface area is 82.7 Å². The molecule has 0 saturated heterocycles. The normalized spacial score (nSPS) is 26.1. The first-order valence-corrected chi connectivity index (χ1v) is 5.00. The number of carboxylic acids is 1. The summed E-state index contributed by atoms with van der Waals surface area (Å²) < 4.78 is 0. The van der Waals surface area contributed by atoms with Crippen molar-refractivity contribution in [2.24, 2.45) is 5.41 Å². The van der Waals surface area contributed by atoms with Gasteiger partial charge in [-0.05, 0) is 31.1 Å². The molecule has 0 aromatic heterocycles. The largest absolute Gasteiger partial charge is 0.480 e. The Bertz CT molecular complexity index is 286. The van der Waals surface area contributed by atoms with Crippen molar-refractivity contribution >= 4 is 11.9 Å². The average Bonchev–Trinajstić information content (AvgIpc) is 1.90. The zero-order chi connectivity index (χ0) is 10.4. The summed E-state index contributed by atoms with van der Waals surface area (Å²) in [5.41, 5.74) is -0.701. The van der Waals surface area contributed by atoms with Crippen LogP contribution in [0.3, 0.4) is 0 Å². The first-order valence-electron chi connectivity index (χ1n) is 5.00. The van der Waals surface area contributed by atoms with Gasteiger partial charge in [-0.15, -0.1) is 0 Å². The van der Waals surface area contributed by atoms with Crippen LogP contribution in [0.2, 0.25) is 0 Å². The highest BCUT2D eigenvalue weighted by Crippen LogP contribution is 2.60. The Balaban J connectivity index is 2.04. The molecule has 0 bridgehead atoms. The second kappa shape index (κ2) is 2.72. The molecule has 2 N–H and O–H groups in total. The number of hydrogen-bond donors (Lipinski definition) is 2. The minimum atomic E-state index is -0.952. The quantitative estimate of drug-likeness (QED) is 0.691. The molecule has 0 atom stereocenters. The first kappa shape index (κ1) is 9.49. The van der Waals surface area contributed by atoms with Crippen LogP contribution in [0, 0.1) is 5.41 Å². The van der Waals surface area contributed by atoms with Gasteiger partial charge in [0.1, 0.15) is 5.54 Å². The van der Waals surface area contributed by atoms with Crippen LogP contribution in [0.15, 0.2) is 0 Å². The molecule has 0 heterocycles. The van der Waals surface area contributed by atoms with Crippen LogP contribution in [0.5, 0.6) is 0 Å². The Kier molecular flexibility index (Phi) is 1.84. The fourth-order valence-electron chi connectivity index (χ4n) is 2.89. The van der Waals surface area contributed by atoms with Crippen molar-refractivity contribution in [2.75, 3.05) is 0 Å². The molecule has 2 rings (SSSR count). The molecule has 0 radical (unpaired) electrons. The number of hydrogen-bond acceptors (Lipinski definition) is 2. The van der Waals surface area contributed by atoms with Crippen LogP contribution in [0.25, 0.3) is 0 Å². The van der Waals surface area contributed by atoms with E-state index >= 15 is 0 Å². The maximum absolute atomic E-state index is 11.1. The number of rotatable bonds is 2. The first-order chi connectivity index (χ1) is 6.48. The number of amides is 1. The topological polar surface area (TPSA) is 66.4 Å². The summed E-state index contributed by atoms with van der Waals surface area (Å²) in [5.74, 6) is -1.13. The van der Waals surface area contributed by atoms with Crippen LogP contribution in [0.1, 0.15) is 39.0 Å². The van der Waals surface area contributed by atoms with E-state index in [9.17, 15) is 9.59 Å². The van der Waals surface area contributed by atoms with Gasteiger partial charge in [0.2, 0.25) is 5.91 Å². The van der Waals surface area contributed by atoms with E-state index in [1.165, 1.54) is 13.3 Å². The van der Waals surface area contributed by atoms with E-state index in [4.69, 9.17) is 5.11 Å². The van der Waals surface area contributed by atoms with Crippen molar-refractivity contribution < 1.29 is 14.7 Å². The zero-order valence-electron chi connectivity index (χ0n) is 8.30. The monoisotopic (exact) mass is 197 g/mol. The van der Waals surface area contributed by atoms with E-state index < -0.39 is 11.5 Å². The minimum Gasteiger partial charge on any atom is -0.480 e. The van der Waals surface area contributed by atoms with Gasteiger partial charge in [0, 0.05) is 6.92 Å². The van der Waals surface area contributed by atoms with Crippen LogP contribution < -0.4 is 5.32 Å². The number of carboxylic acid groups (broad SMARTS) is 1. The second-order valence-corrected chi connectivity index (χ2v) is 4.78. The minimum absolute atomic E-state index is 0.249. The maximum Gasteiger partial charge on any atom is 0.329 e. The van der Waals surface area contributed by atoms with E-state index in [1.807, 2.05) is 0 Å². The van der Waals surface area contributed by atoms with Gasteiger partial charge in [-0.1, -0.05) is 6.42 Å². The van der Waals surface area contributed by atoms with Gasteiger partial charge in [0.25, 0.3) is 0 Å². The van der Waals surface area contributed by atoms with Crippen LogP contribution in [-0.2, 0) is 9.59 Å².